The van der Waals surface area contributed by atoms with Crippen LogP contribution in [-0.4, -0.2) is 16.1 Å². The SMILES string of the molecule is CCCNC(CC1CC2CCC1C2)c1snnc1C(C)C. The van der Waals surface area contributed by atoms with Crippen LogP contribution < -0.4 is 5.32 Å². The van der Waals surface area contributed by atoms with Crippen LogP contribution in [0.4, 0.5) is 0 Å². The van der Waals surface area contributed by atoms with Crippen LogP contribution in [-0.2, 0) is 0 Å². The molecule has 1 aromatic rings. The molecule has 0 aromatic carbocycles. The minimum absolute atomic E-state index is 0.477. The van der Waals surface area contributed by atoms with E-state index in [1.54, 1.807) is 11.5 Å². The maximum atomic E-state index is 4.40. The fraction of sp³-hybridized carbons (Fsp3) is 0.882. The minimum atomic E-state index is 0.477. The zero-order valence-corrected chi connectivity index (χ0v) is 14.5. The highest BCUT2D eigenvalue weighted by Gasteiger charge is 2.40. The van der Waals surface area contributed by atoms with Crippen LogP contribution in [0.2, 0.25) is 0 Å². The summed E-state index contributed by atoms with van der Waals surface area (Å²) in [5.41, 5.74) is 1.22. The summed E-state index contributed by atoms with van der Waals surface area (Å²) in [4.78, 5) is 1.40. The Morgan fingerprint density at radius 2 is 2.14 bits per heavy atom. The van der Waals surface area contributed by atoms with Crippen molar-refractivity contribution in [2.45, 2.75) is 71.3 Å². The van der Waals surface area contributed by atoms with Gasteiger partial charge in [0.05, 0.1) is 10.6 Å². The molecule has 0 amide bonds. The molecule has 2 saturated carbocycles. The van der Waals surface area contributed by atoms with Gasteiger partial charge in [0.25, 0.3) is 0 Å². The first kappa shape index (κ1) is 15.4. The fourth-order valence-corrected chi connectivity index (χ4v) is 5.31. The van der Waals surface area contributed by atoms with Crippen molar-refractivity contribution in [3.63, 3.8) is 0 Å². The lowest BCUT2D eigenvalue weighted by Gasteiger charge is -2.27. The summed E-state index contributed by atoms with van der Waals surface area (Å²) in [6.07, 6.45) is 8.43. The standard InChI is InChI=1S/C17H29N3S/c1-4-7-18-15(17-16(11(2)3)19-20-21-17)10-14-9-12-5-6-13(14)8-12/h11-15,18H,4-10H2,1-3H3. The van der Waals surface area contributed by atoms with Crippen LogP contribution in [0, 0.1) is 17.8 Å². The van der Waals surface area contributed by atoms with Crippen LogP contribution in [0.3, 0.4) is 0 Å². The Balaban J connectivity index is 1.72. The van der Waals surface area contributed by atoms with Gasteiger partial charge >= 0.3 is 0 Å². The van der Waals surface area contributed by atoms with E-state index >= 15 is 0 Å². The summed E-state index contributed by atoms with van der Waals surface area (Å²) in [5, 5.41) is 8.18. The summed E-state index contributed by atoms with van der Waals surface area (Å²) in [7, 11) is 0. The van der Waals surface area contributed by atoms with E-state index < -0.39 is 0 Å². The Kier molecular flexibility index (Phi) is 4.95. The number of aromatic nitrogens is 2. The molecule has 2 aliphatic rings. The number of nitrogens with zero attached hydrogens (tertiary/aromatic N) is 2. The van der Waals surface area contributed by atoms with Crippen LogP contribution in [0.15, 0.2) is 0 Å². The van der Waals surface area contributed by atoms with Crippen molar-refractivity contribution in [3.05, 3.63) is 10.6 Å². The van der Waals surface area contributed by atoms with Gasteiger partial charge in [0, 0.05) is 6.04 Å². The second-order valence-electron chi connectivity index (χ2n) is 7.35. The van der Waals surface area contributed by atoms with Gasteiger partial charge in [-0.2, -0.15) is 0 Å². The van der Waals surface area contributed by atoms with Crippen molar-refractivity contribution in [1.82, 2.24) is 14.9 Å². The lowest BCUT2D eigenvalue weighted by molar-refractivity contribution is 0.280. The molecule has 4 unspecified atom stereocenters. The molecule has 3 rings (SSSR count). The van der Waals surface area contributed by atoms with Crippen molar-refractivity contribution in [3.8, 4) is 0 Å². The topological polar surface area (TPSA) is 37.8 Å². The molecule has 4 atom stereocenters. The molecule has 0 spiro atoms. The van der Waals surface area contributed by atoms with E-state index in [0.29, 0.717) is 12.0 Å². The second kappa shape index (κ2) is 6.74. The second-order valence-corrected chi connectivity index (χ2v) is 8.14. The molecule has 4 heteroatoms. The van der Waals surface area contributed by atoms with E-state index in [9.17, 15) is 0 Å². The maximum Gasteiger partial charge on any atom is 0.0829 e. The van der Waals surface area contributed by atoms with Crippen molar-refractivity contribution in [2.75, 3.05) is 6.54 Å². The van der Waals surface area contributed by atoms with Crippen molar-refractivity contribution >= 4 is 11.5 Å². The average Bonchev–Trinajstić information content (AvgIpc) is 3.17. The largest absolute Gasteiger partial charge is 0.309 e. The van der Waals surface area contributed by atoms with Gasteiger partial charge in [-0.1, -0.05) is 31.7 Å². The van der Waals surface area contributed by atoms with Crippen molar-refractivity contribution in [2.24, 2.45) is 17.8 Å². The molecule has 0 radical (unpaired) electrons. The van der Waals surface area contributed by atoms with E-state index in [0.717, 1.165) is 24.3 Å². The van der Waals surface area contributed by atoms with Crippen LogP contribution in [0.1, 0.15) is 81.8 Å². The summed E-state index contributed by atoms with van der Waals surface area (Å²) >= 11 is 1.62. The molecule has 2 aliphatic carbocycles. The fourth-order valence-electron chi connectivity index (χ4n) is 4.42. The number of rotatable bonds is 7. The van der Waals surface area contributed by atoms with Gasteiger partial charge in [-0.25, -0.2) is 0 Å². The molecule has 2 bridgehead atoms. The predicted molar refractivity (Wildman–Crippen MR) is 88.6 cm³/mol. The van der Waals surface area contributed by atoms with Gasteiger partial charge in [0.1, 0.15) is 0 Å². The summed E-state index contributed by atoms with van der Waals surface area (Å²) in [6.45, 7) is 7.81. The van der Waals surface area contributed by atoms with E-state index in [1.807, 2.05) is 0 Å². The lowest BCUT2D eigenvalue weighted by atomic mass is 9.83. The summed E-state index contributed by atoms with van der Waals surface area (Å²) in [6, 6.07) is 0.478. The Hall–Kier alpha value is -0.480. The summed E-state index contributed by atoms with van der Waals surface area (Å²) < 4.78 is 4.25. The van der Waals surface area contributed by atoms with Gasteiger partial charge in [-0.15, -0.1) is 5.10 Å². The monoisotopic (exact) mass is 307 g/mol. The van der Waals surface area contributed by atoms with Gasteiger partial charge in [-0.05, 0) is 73.9 Å². The normalized spacial score (nSPS) is 29.4. The lowest BCUT2D eigenvalue weighted by Crippen LogP contribution is -2.26. The number of hydrogen-bond acceptors (Lipinski definition) is 4. The van der Waals surface area contributed by atoms with Gasteiger partial charge in [0.15, 0.2) is 0 Å². The van der Waals surface area contributed by atoms with Crippen LogP contribution in [0.5, 0.6) is 0 Å². The quantitative estimate of drug-likeness (QED) is 0.804. The highest BCUT2D eigenvalue weighted by molar-refractivity contribution is 7.05. The highest BCUT2D eigenvalue weighted by Crippen LogP contribution is 2.51. The van der Waals surface area contributed by atoms with E-state index in [4.69, 9.17) is 0 Å². The molecular weight excluding hydrogens is 278 g/mol. The molecular formula is C17H29N3S. The first-order valence-corrected chi connectivity index (χ1v) is 9.51. The third-order valence-corrected chi connectivity index (χ3v) is 6.32. The predicted octanol–water partition coefficient (Wildman–Crippen LogP) is 4.53. The number of fused-ring (bicyclic) bond motifs is 2. The zero-order valence-electron chi connectivity index (χ0n) is 13.6. The van der Waals surface area contributed by atoms with E-state index in [2.05, 4.69) is 35.7 Å². The smallest absolute Gasteiger partial charge is 0.0829 e. The highest BCUT2D eigenvalue weighted by atomic mass is 32.1. The van der Waals surface area contributed by atoms with Crippen LogP contribution >= 0.6 is 11.5 Å². The van der Waals surface area contributed by atoms with Crippen LogP contribution in [0.25, 0.3) is 0 Å². The van der Waals surface area contributed by atoms with Gasteiger partial charge < -0.3 is 5.32 Å². The first-order chi connectivity index (χ1) is 10.2. The molecule has 21 heavy (non-hydrogen) atoms. The Morgan fingerprint density at radius 1 is 1.29 bits per heavy atom. The first-order valence-electron chi connectivity index (χ1n) is 8.74. The van der Waals surface area contributed by atoms with Gasteiger partial charge in [0.2, 0.25) is 0 Å². The Bertz CT molecular complexity index is 457. The molecule has 1 N–H and O–H groups in total. The molecule has 1 aromatic heterocycles. The molecule has 2 fully saturated rings. The van der Waals surface area contributed by atoms with E-state index in [-0.39, 0.29) is 0 Å². The Morgan fingerprint density at radius 3 is 2.76 bits per heavy atom. The third kappa shape index (κ3) is 3.31. The zero-order chi connectivity index (χ0) is 14.8. The number of nitrogens with one attached hydrogen (secondary N) is 1. The molecule has 0 aliphatic heterocycles. The van der Waals surface area contributed by atoms with Crippen molar-refractivity contribution < 1.29 is 0 Å². The molecule has 3 nitrogen and oxygen atoms in total. The molecule has 0 saturated heterocycles. The molecule has 118 valence electrons. The minimum Gasteiger partial charge on any atom is -0.309 e. The maximum absolute atomic E-state index is 4.40. The van der Waals surface area contributed by atoms with Crippen molar-refractivity contribution in [1.29, 1.82) is 0 Å². The Labute approximate surface area is 133 Å². The van der Waals surface area contributed by atoms with E-state index in [1.165, 1.54) is 49.1 Å². The third-order valence-electron chi connectivity index (χ3n) is 5.47. The van der Waals surface area contributed by atoms with Gasteiger partial charge in [-0.3, -0.25) is 0 Å². The number of hydrogen-bond donors (Lipinski definition) is 1. The molecule has 1 heterocycles. The summed E-state index contributed by atoms with van der Waals surface area (Å²) in [5.74, 6) is 3.45. The average molecular weight is 308 g/mol.